The second-order valence-electron chi connectivity index (χ2n) is 10.1. The molecule has 3 aliphatic carbocycles. The maximum atomic E-state index is 13.8. The summed E-state index contributed by atoms with van der Waals surface area (Å²) in [5, 5.41) is 34.0. The van der Waals surface area contributed by atoms with Gasteiger partial charge in [0.1, 0.15) is 23.5 Å². The van der Waals surface area contributed by atoms with Crippen molar-refractivity contribution in [3.8, 4) is 17.2 Å². The number of phenolic OH excluding ortho intramolecular Hbond substituents is 1. The summed E-state index contributed by atoms with van der Waals surface area (Å²) < 4.78 is 17.4. The molecule has 11 heteroatoms. The molecule has 7 rings (SSSR count). The minimum atomic E-state index is -2.65. The number of carbonyl (C=O) groups excluding carboxylic acids is 3. The number of hydrogen-bond donors (Lipinski definition) is 4. The summed E-state index contributed by atoms with van der Waals surface area (Å²) in [6, 6.07) is 1.38. The van der Waals surface area contributed by atoms with E-state index >= 15 is 0 Å². The minimum Gasteiger partial charge on any atom is -0.507 e. The number of aromatic hydroxyl groups is 1. The molecule has 2 aromatic rings. The molecule has 190 valence electrons. The number of rotatable bonds is 0. The van der Waals surface area contributed by atoms with E-state index in [1.54, 1.807) is 13.0 Å². The zero-order valence-corrected chi connectivity index (χ0v) is 19.4. The highest BCUT2D eigenvalue weighted by molar-refractivity contribution is 6.20. The number of benzene rings is 1. The predicted octanol–water partition coefficient (Wildman–Crippen LogP) is 0.964. The lowest BCUT2D eigenvalue weighted by Gasteiger charge is -2.48. The lowest BCUT2D eigenvalue weighted by Crippen LogP contribution is -2.56. The Morgan fingerprint density at radius 1 is 1.11 bits per heavy atom. The summed E-state index contributed by atoms with van der Waals surface area (Å²) >= 11 is 0. The number of allylic oxidation sites excluding steroid dienone is 1. The first kappa shape index (κ1) is 22.4. The Labute approximate surface area is 208 Å². The van der Waals surface area contributed by atoms with E-state index in [9.17, 15) is 34.5 Å². The summed E-state index contributed by atoms with van der Waals surface area (Å²) in [7, 11) is 0. The van der Waals surface area contributed by atoms with E-state index in [2.05, 4.69) is 4.98 Å². The molecule has 37 heavy (non-hydrogen) atoms. The molecule has 5 aliphatic rings. The summed E-state index contributed by atoms with van der Waals surface area (Å²) in [5.74, 6) is -5.34. The van der Waals surface area contributed by atoms with Gasteiger partial charge < -0.3 is 34.5 Å². The van der Waals surface area contributed by atoms with Crippen LogP contribution in [0.1, 0.15) is 66.8 Å². The third-order valence-corrected chi connectivity index (χ3v) is 8.17. The van der Waals surface area contributed by atoms with E-state index < -0.39 is 75.5 Å². The van der Waals surface area contributed by atoms with Crippen LogP contribution in [0.4, 0.5) is 0 Å². The maximum Gasteiger partial charge on any atom is 0.259 e. The number of pyridine rings is 1. The fourth-order valence-corrected chi connectivity index (χ4v) is 6.52. The summed E-state index contributed by atoms with van der Waals surface area (Å²) in [5.41, 5.74) is -4.38. The lowest BCUT2D eigenvalue weighted by atomic mass is 9.60. The van der Waals surface area contributed by atoms with Gasteiger partial charge in [0, 0.05) is 22.4 Å². The Kier molecular flexibility index (Phi) is 4.33. The number of nitrogens with one attached hydrogen (secondary N) is 1. The van der Waals surface area contributed by atoms with Crippen LogP contribution in [0.15, 0.2) is 23.0 Å². The van der Waals surface area contributed by atoms with Crippen LogP contribution in [0.5, 0.6) is 17.2 Å². The lowest BCUT2D eigenvalue weighted by molar-refractivity contribution is -0.0995. The number of aromatic nitrogens is 1. The molecule has 1 aromatic carbocycles. The van der Waals surface area contributed by atoms with Crippen LogP contribution in [0.2, 0.25) is 0 Å². The van der Waals surface area contributed by atoms with E-state index in [1.165, 1.54) is 12.1 Å². The Hall–Kier alpha value is -3.80. The van der Waals surface area contributed by atoms with Crippen LogP contribution in [0, 0.1) is 18.8 Å². The highest BCUT2D eigenvalue weighted by atomic mass is 16.7. The molecule has 2 aliphatic heterocycles. The molecule has 11 nitrogen and oxygen atoms in total. The number of aliphatic hydroxyl groups is 2. The summed E-state index contributed by atoms with van der Waals surface area (Å²) in [6.45, 7) is 1.30. The van der Waals surface area contributed by atoms with E-state index in [-0.39, 0.29) is 47.8 Å². The highest BCUT2D eigenvalue weighted by Crippen LogP contribution is 2.61. The maximum absolute atomic E-state index is 13.8. The van der Waals surface area contributed by atoms with Crippen LogP contribution in [-0.2, 0) is 10.3 Å². The first-order valence-corrected chi connectivity index (χ1v) is 11.9. The molecule has 0 unspecified atom stereocenters. The number of Topliss-reactive ketones (excluding diaryl/α,β-unsaturated/α-hetero) is 3. The van der Waals surface area contributed by atoms with Gasteiger partial charge in [0.15, 0.2) is 35.5 Å². The van der Waals surface area contributed by atoms with Gasteiger partial charge in [-0.15, -0.1) is 0 Å². The molecule has 0 saturated heterocycles. The van der Waals surface area contributed by atoms with Crippen molar-refractivity contribution in [1.82, 2.24) is 4.98 Å². The Morgan fingerprint density at radius 2 is 1.89 bits per heavy atom. The van der Waals surface area contributed by atoms with Gasteiger partial charge in [-0.2, -0.15) is 0 Å². The molecule has 0 saturated carbocycles. The molecule has 6 atom stereocenters. The summed E-state index contributed by atoms with van der Waals surface area (Å²) in [4.78, 5) is 56.3. The van der Waals surface area contributed by atoms with Crippen LogP contribution < -0.4 is 15.0 Å². The largest absolute Gasteiger partial charge is 0.507 e. The number of ketones is 3. The number of carbonyl (C=O) groups is 3. The quantitative estimate of drug-likeness (QED) is 0.376. The van der Waals surface area contributed by atoms with Crippen LogP contribution >= 0.6 is 0 Å². The van der Waals surface area contributed by atoms with Crippen molar-refractivity contribution in [2.45, 2.75) is 43.7 Å². The first-order valence-electron chi connectivity index (χ1n) is 11.9. The van der Waals surface area contributed by atoms with E-state index in [4.69, 9.17) is 14.2 Å². The topological polar surface area (TPSA) is 172 Å². The second-order valence-corrected chi connectivity index (χ2v) is 10.1. The monoisotopic (exact) mass is 507 g/mol. The molecule has 0 amide bonds. The molecule has 3 heterocycles. The van der Waals surface area contributed by atoms with E-state index in [0.717, 1.165) is 0 Å². The Morgan fingerprint density at radius 3 is 2.68 bits per heavy atom. The first-order chi connectivity index (χ1) is 17.6. The average molecular weight is 507 g/mol. The van der Waals surface area contributed by atoms with Crippen LogP contribution in [-0.4, -0.2) is 56.7 Å². The van der Waals surface area contributed by atoms with Crippen molar-refractivity contribution in [3.05, 3.63) is 62.1 Å². The SMILES string of the molecule is Cc1cc2c(c(=O)[nH]1)C(=O)[C@]1(O)c3c(O)c4c(c5c3[C@@H](C[C@@H]1C2=O)OCO5)O[C@@H]1[C@H](O)C=CC[C@H]1C4=O. The molecule has 0 fully saturated rings. The fourth-order valence-electron chi connectivity index (χ4n) is 6.52. The number of aliphatic hydroxyl groups excluding tert-OH is 1. The smallest absolute Gasteiger partial charge is 0.259 e. The van der Waals surface area contributed by atoms with Gasteiger partial charge in [0.05, 0.1) is 23.5 Å². The van der Waals surface area contributed by atoms with Crippen molar-refractivity contribution < 1.29 is 43.9 Å². The number of fused-ring (bicyclic) bond motifs is 6. The van der Waals surface area contributed by atoms with Gasteiger partial charge in [0.2, 0.25) is 5.78 Å². The number of H-pyrrole nitrogens is 1. The van der Waals surface area contributed by atoms with Crippen LogP contribution in [0.25, 0.3) is 0 Å². The normalized spacial score (nSPS) is 32.8. The number of aryl methyl sites for hydroxylation is 1. The zero-order valence-electron chi connectivity index (χ0n) is 19.4. The van der Waals surface area contributed by atoms with Gasteiger partial charge in [0.25, 0.3) is 5.56 Å². The molecular weight excluding hydrogens is 486 g/mol. The molecule has 1 aromatic heterocycles. The van der Waals surface area contributed by atoms with Crippen molar-refractivity contribution >= 4 is 17.3 Å². The second kappa shape index (κ2) is 7.15. The third kappa shape index (κ3) is 2.60. The van der Waals surface area contributed by atoms with Gasteiger partial charge >= 0.3 is 0 Å². The predicted molar refractivity (Wildman–Crippen MR) is 122 cm³/mol. The van der Waals surface area contributed by atoms with Crippen molar-refractivity contribution in [3.63, 3.8) is 0 Å². The van der Waals surface area contributed by atoms with Crippen molar-refractivity contribution in [2.75, 3.05) is 6.79 Å². The third-order valence-electron chi connectivity index (χ3n) is 8.17. The summed E-state index contributed by atoms with van der Waals surface area (Å²) in [6.07, 6.45) is 0.380. The van der Waals surface area contributed by atoms with Gasteiger partial charge in [-0.1, -0.05) is 12.2 Å². The average Bonchev–Trinajstić information content (AvgIpc) is 2.86. The fraction of sp³-hybridized carbons (Fsp3) is 0.385. The van der Waals surface area contributed by atoms with Gasteiger partial charge in [-0.05, 0) is 25.8 Å². The minimum absolute atomic E-state index is 0.0108. The van der Waals surface area contributed by atoms with Gasteiger partial charge in [-0.25, -0.2) is 0 Å². The van der Waals surface area contributed by atoms with Crippen molar-refractivity contribution in [1.29, 1.82) is 0 Å². The Balaban J connectivity index is 1.53. The van der Waals surface area contributed by atoms with E-state index in [1.807, 2.05) is 0 Å². The Bertz CT molecular complexity index is 1550. The number of phenols is 1. The standard InChI is InChI=1S/C26H21NO10/c1-8-5-10-14(25(33)27-8)24(32)26(34)11(18(10)29)6-13-15-17(26)20(31)16-19(30)9-3-2-4-12(28)21(9)37-23(16)22(15)36-7-35-13/h2,4-5,9,11-13,21,28,31,34H,3,6-7H2,1H3,(H,27,33)/t9-,11+,12+,13+,21-,26+/m0/s1. The molecular formula is C26H21NO10. The van der Waals surface area contributed by atoms with Gasteiger partial charge in [-0.3, -0.25) is 19.2 Å². The number of hydrogen-bond acceptors (Lipinski definition) is 10. The van der Waals surface area contributed by atoms with E-state index in [0.29, 0.717) is 5.69 Å². The number of aromatic amines is 1. The number of ether oxygens (including phenoxy) is 3. The molecule has 0 radical (unpaired) electrons. The van der Waals surface area contributed by atoms with Crippen LogP contribution in [0.3, 0.4) is 0 Å². The van der Waals surface area contributed by atoms with Crippen molar-refractivity contribution in [2.24, 2.45) is 11.8 Å². The zero-order chi connectivity index (χ0) is 26.0. The molecule has 0 bridgehead atoms. The highest BCUT2D eigenvalue weighted by Gasteiger charge is 2.63. The molecule has 0 spiro atoms. The molecule has 4 N–H and O–H groups in total.